The van der Waals surface area contributed by atoms with Gasteiger partial charge in [-0.3, -0.25) is 0 Å². The summed E-state index contributed by atoms with van der Waals surface area (Å²) < 4.78 is 5.05. The van der Waals surface area contributed by atoms with Gasteiger partial charge in [0, 0.05) is 6.42 Å². The normalized spacial score (nSPS) is 10.5. The van der Waals surface area contributed by atoms with Gasteiger partial charge in [0.15, 0.2) is 5.82 Å². The number of hydrogen-bond acceptors (Lipinski definition) is 5. The van der Waals surface area contributed by atoms with E-state index in [0.717, 1.165) is 22.1 Å². The number of anilines is 1. The Balaban J connectivity index is 2.35. The molecule has 0 aliphatic rings. The lowest BCUT2D eigenvalue weighted by atomic mass is 10.4. The minimum atomic E-state index is 0.554. The van der Waals surface area contributed by atoms with Crippen LogP contribution in [0.15, 0.2) is 16.7 Å². The Hall–Kier alpha value is -1.36. The standard InChI is InChI=1S/C8H9N3OS/c1-2-7-10-8(12-11-7)5-3-4-6(9)13-5/h3-4H,2,9H2,1H3. The summed E-state index contributed by atoms with van der Waals surface area (Å²) in [7, 11) is 0. The summed E-state index contributed by atoms with van der Waals surface area (Å²) in [6.45, 7) is 1.98. The van der Waals surface area contributed by atoms with Crippen molar-refractivity contribution >= 4 is 16.3 Å². The van der Waals surface area contributed by atoms with Crippen molar-refractivity contribution in [3.63, 3.8) is 0 Å². The van der Waals surface area contributed by atoms with Crippen molar-refractivity contribution in [3.05, 3.63) is 18.0 Å². The van der Waals surface area contributed by atoms with E-state index in [1.54, 1.807) is 0 Å². The smallest absolute Gasteiger partial charge is 0.268 e. The molecule has 0 fully saturated rings. The van der Waals surface area contributed by atoms with Crippen molar-refractivity contribution in [1.82, 2.24) is 10.1 Å². The molecule has 0 unspecified atom stereocenters. The minimum absolute atomic E-state index is 0.554. The zero-order valence-electron chi connectivity index (χ0n) is 7.15. The molecular formula is C8H9N3OS. The summed E-state index contributed by atoms with van der Waals surface area (Å²) in [5, 5.41) is 4.56. The molecule has 2 N–H and O–H groups in total. The number of nitrogen functional groups attached to an aromatic ring is 1. The van der Waals surface area contributed by atoms with E-state index >= 15 is 0 Å². The van der Waals surface area contributed by atoms with E-state index in [1.807, 2.05) is 19.1 Å². The number of thiophene rings is 1. The van der Waals surface area contributed by atoms with Crippen LogP contribution in [0.25, 0.3) is 10.8 Å². The molecule has 2 rings (SSSR count). The Bertz CT molecular complexity index is 407. The second-order valence-electron chi connectivity index (χ2n) is 2.57. The van der Waals surface area contributed by atoms with E-state index in [0.29, 0.717) is 5.89 Å². The zero-order valence-corrected chi connectivity index (χ0v) is 7.97. The molecule has 0 amide bonds. The van der Waals surface area contributed by atoms with Crippen molar-refractivity contribution in [2.45, 2.75) is 13.3 Å². The molecule has 0 radical (unpaired) electrons. The molecule has 0 bridgehead atoms. The third-order valence-corrected chi connectivity index (χ3v) is 2.52. The molecule has 68 valence electrons. The first-order chi connectivity index (χ1) is 6.29. The van der Waals surface area contributed by atoms with Crippen molar-refractivity contribution in [1.29, 1.82) is 0 Å². The highest BCUT2D eigenvalue weighted by Crippen LogP contribution is 2.27. The Morgan fingerprint density at radius 1 is 1.54 bits per heavy atom. The van der Waals surface area contributed by atoms with E-state index < -0.39 is 0 Å². The molecule has 5 heteroatoms. The summed E-state index contributed by atoms with van der Waals surface area (Å²) in [6, 6.07) is 3.71. The van der Waals surface area contributed by atoms with Crippen LogP contribution in [0, 0.1) is 0 Å². The van der Waals surface area contributed by atoms with Gasteiger partial charge >= 0.3 is 0 Å². The Kier molecular flexibility index (Phi) is 2.02. The van der Waals surface area contributed by atoms with Crippen LogP contribution in [0.4, 0.5) is 5.00 Å². The van der Waals surface area contributed by atoms with Gasteiger partial charge in [-0.1, -0.05) is 12.1 Å². The van der Waals surface area contributed by atoms with E-state index in [2.05, 4.69) is 10.1 Å². The van der Waals surface area contributed by atoms with Crippen molar-refractivity contribution < 1.29 is 4.52 Å². The summed E-state index contributed by atoms with van der Waals surface area (Å²) in [6.07, 6.45) is 0.782. The van der Waals surface area contributed by atoms with E-state index in [9.17, 15) is 0 Å². The number of nitrogens with two attached hydrogens (primary N) is 1. The van der Waals surface area contributed by atoms with Crippen LogP contribution in [-0.4, -0.2) is 10.1 Å². The number of nitrogens with zero attached hydrogens (tertiary/aromatic N) is 2. The molecule has 2 heterocycles. The van der Waals surface area contributed by atoms with Gasteiger partial charge in [0.2, 0.25) is 0 Å². The van der Waals surface area contributed by atoms with Gasteiger partial charge in [-0.15, -0.1) is 11.3 Å². The Morgan fingerprint density at radius 2 is 2.38 bits per heavy atom. The van der Waals surface area contributed by atoms with Crippen LogP contribution in [0.1, 0.15) is 12.7 Å². The van der Waals surface area contributed by atoms with Gasteiger partial charge in [0.05, 0.1) is 9.88 Å². The third-order valence-electron chi connectivity index (χ3n) is 1.62. The Morgan fingerprint density at radius 3 is 2.92 bits per heavy atom. The van der Waals surface area contributed by atoms with Gasteiger partial charge in [-0.2, -0.15) is 4.98 Å². The van der Waals surface area contributed by atoms with Gasteiger partial charge in [0.25, 0.3) is 5.89 Å². The lowest BCUT2D eigenvalue weighted by molar-refractivity contribution is 0.424. The van der Waals surface area contributed by atoms with Crippen LogP contribution < -0.4 is 5.73 Å². The fourth-order valence-electron chi connectivity index (χ4n) is 0.965. The average Bonchev–Trinajstić information content (AvgIpc) is 2.71. The maximum absolute atomic E-state index is 5.58. The number of aromatic nitrogens is 2. The topological polar surface area (TPSA) is 64.9 Å². The molecular weight excluding hydrogens is 186 g/mol. The first-order valence-corrected chi connectivity index (χ1v) is 4.79. The molecule has 13 heavy (non-hydrogen) atoms. The average molecular weight is 195 g/mol. The third kappa shape index (κ3) is 1.55. The van der Waals surface area contributed by atoms with Gasteiger partial charge < -0.3 is 10.3 Å². The molecule has 0 spiro atoms. The summed E-state index contributed by atoms with van der Waals surface area (Å²) >= 11 is 1.45. The first-order valence-electron chi connectivity index (χ1n) is 3.98. The van der Waals surface area contributed by atoms with E-state index in [1.165, 1.54) is 11.3 Å². The molecule has 2 aromatic rings. The minimum Gasteiger partial charge on any atom is -0.391 e. The quantitative estimate of drug-likeness (QED) is 0.795. The van der Waals surface area contributed by atoms with Crippen LogP contribution >= 0.6 is 11.3 Å². The predicted molar refractivity (Wildman–Crippen MR) is 51.4 cm³/mol. The summed E-state index contributed by atoms with van der Waals surface area (Å²) in [5.74, 6) is 1.28. The molecule has 0 saturated heterocycles. The first kappa shape index (κ1) is 8.25. The maximum atomic E-state index is 5.58. The molecule has 2 aromatic heterocycles. The predicted octanol–water partition coefficient (Wildman–Crippen LogP) is 1.94. The molecule has 0 aliphatic carbocycles. The number of rotatable bonds is 2. The van der Waals surface area contributed by atoms with Crippen LogP contribution in [0.5, 0.6) is 0 Å². The molecule has 0 atom stereocenters. The second kappa shape index (κ2) is 3.18. The van der Waals surface area contributed by atoms with Crippen molar-refractivity contribution in [2.75, 3.05) is 5.73 Å². The van der Waals surface area contributed by atoms with Crippen molar-refractivity contribution in [3.8, 4) is 10.8 Å². The van der Waals surface area contributed by atoms with Crippen LogP contribution in [0.2, 0.25) is 0 Å². The maximum Gasteiger partial charge on any atom is 0.268 e. The fraction of sp³-hybridized carbons (Fsp3) is 0.250. The van der Waals surface area contributed by atoms with Crippen LogP contribution in [0.3, 0.4) is 0 Å². The fourth-order valence-corrected chi connectivity index (χ4v) is 1.66. The second-order valence-corrected chi connectivity index (χ2v) is 3.69. The number of aryl methyl sites for hydroxylation is 1. The zero-order chi connectivity index (χ0) is 9.26. The summed E-state index contributed by atoms with van der Waals surface area (Å²) in [5.41, 5.74) is 5.58. The van der Waals surface area contributed by atoms with E-state index in [-0.39, 0.29) is 0 Å². The highest BCUT2D eigenvalue weighted by Gasteiger charge is 2.08. The molecule has 4 nitrogen and oxygen atoms in total. The highest BCUT2D eigenvalue weighted by molar-refractivity contribution is 7.19. The van der Waals surface area contributed by atoms with Gasteiger partial charge in [0.1, 0.15) is 0 Å². The number of hydrogen-bond donors (Lipinski definition) is 1. The largest absolute Gasteiger partial charge is 0.391 e. The summed E-state index contributed by atoms with van der Waals surface area (Å²) in [4.78, 5) is 5.11. The van der Waals surface area contributed by atoms with Gasteiger partial charge in [-0.05, 0) is 12.1 Å². The molecule has 0 saturated carbocycles. The highest BCUT2D eigenvalue weighted by atomic mass is 32.1. The van der Waals surface area contributed by atoms with Crippen LogP contribution in [-0.2, 0) is 6.42 Å². The molecule has 0 aliphatic heterocycles. The SMILES string of the molecule is CCc1noc(-c2ccc(N)s2)n1. The van der Waals surface area contributed by atoms with E-state index in [4.69, 9.17) is 10.3 Å². The van der Waals surface area contributed by atoms with Gasteiger partial charge in [-0.25, -0.2) is 0 Å². The lowest BCUT2D eigenvalue weighted by Gasteiger charge is -1.82. The molecule has 0 aromatic carbocycles. The Labute approximate surface area is 79.4 Å². The van der Waals surface area contributed by atoms with Crippen molar-refractivity contribution in [2.24, 2.45) is 0 Å². The monoisotopic (exact) mass is 195 g/mol. The lowest BCUT2D eigenvalue weighted by Crippen LogP contribution is -1.80.